The monoisotopic (exact) mass is 270 g/mol. The van der Waals surface area contributed by atoms with Crippen molar-refractivity contribution in [2.24, 2.45) is 7.05 Å². The fraction of sp³-hybridized carbons (Fsp3) is 0.556. The summed E-state index contributed by atoms with van der Waals surface area (Å²) in [6, 6.07) is 7.61. The maximum Gasteiger partial charge on any atom is 0.0483 e. The molecule has 1 aromatic carbocycles. The summed E-state index contributed by atoms with van der Waals surface area (Å²) in [5.74, 6) is 0. The number of fused-ring (bicyclic) bond motifs is 5. The molecule has 0 amide bonds. The maximum absolute atomic E-state index is 2.68. The van der Waals surface area contributed by atoms with Crippen molar-refractivity contribution in [2.75, 3.05) is 13.1 Å². The molecule has 0 saturated carbocycles. The lowest BCUT2D eigenvalue weighted by Gasteiger charge is -2.30. The second-order valence-electron chi connectivity index (χ2n) is 5.88. The molecule has 1 unspecified atom stereocenters. The zero-order valence-electron chi connectivity index (χ0n) is 13.2. The molecule has 2 aliphatic rings. The largest absolute Gasteiger partial charge is 0.347 e. The van der Waals surface area contributed by atoms with Crippen LogP contribution >= 0.6 is 0 Å². The first kappa shape index (κ1) is 13.7. The SMILES string of the molecule is CC.Cc1ccc2c(c1)c1c(n2C)CCN2CCCC12. The van der Waals surface area contributed by atoms with Gasteiger partial charge in [0.1, 0.15) is 0 Å². The van der Waals surface area contributed by atoms with Gasteiger partial charge in [0.2, 0.25) is 0 Å². The maximum atomic E-state index is 2.68. The van der Waals surface area contributed by atoms with Gasteiger partial charge in [0.25, 0.3) is 0 Å². The molecule has 0 spiro atoms. The highest BCUT2D eigenvalue weighted by atomic mass is 15.2. The van der Waals surface area contributed by atoms with E-state index in [4.69, 9.17) is 0 Å². The quantitative estimate of drug-likeness (QED) is 0.696. The van der Waals surface area contributed by atoms with Gasteiger partial charge in [0, 0.05) is 42.7 Å². The minimum Gasteiger partial charge on any atom is -0.347 e. The molecule has 2 nitrogen and oxygen atoms in total. The van der Waals surface area contributed by atoms with Gasteiger partial charge < -0.3 is 4.57 Å². The van der Waals surface area contributed by atoms with E-state index in [2.05, 4.69) is 41.6 Å². The average molecular weight is 270 g/mol. The Morgan fingerprint density at radius 1 is 1.15 bits per heavy atom. The van der Waals surface area contributed by atoms with Gasteiger partial charge in [-0.15, -0.1) is 0 Å². The van der Waals surface area contributed by atoms with Gasteiger partial charge in [-0.25, -0.2) is 0 Å². The van der Waals surface area contributed by atoms with Crippen molar-refractivity contribution in [3.8, 4) is 0 Å². The van der Waals surface area contributed by atoms with Crippen LogP contribution in [0.2, 0.25) is 0 Å². The highest BCUT2D eigenvalue weighted by Crippen LogP contribution is 2.42. The third-order valence-electron chi connectivity index (χ3n) is 4.85. The van der Waals surface area contributed by atoms with Crippen molar-refractivity contribution in [1.82, 2.24) is 9.47 Å². The first-order valence-electron chi connectivity index (χ1n) is 8.07. The third-order valence-corrected chi connectivity index (χ3v) is 4.85. The molecule has 2 aromatic rings. The third kappa shape index (κ3) is 1.89. The number of rotatable bonds is 0. The molecule has 3 heterocycles. The first-order valence-corrected chi connectivity index (χ1v) is 8.07. The summed E-state index contributed by atoms with van der Waals surface area (Å²) in [5.41, 5.74) is 6.02. The van der Waals surface area contributed by atoms with Crippen LogP contribution in [0.15, 0.2) is 18.2 Å². The Balaban J connectivity index is 0.000000581. The van der Waals surface area contributed by atoms with Gasteiger partial charge in [0.05, 0.1) is 0 Å². The van der Waals surface area contributed by atoms with Crippen molar-refractivity contribution >= 4 is 10.9 Å². The number of aryl methyl sites for hydroxylation is 2. The summed E-state index contributed by atoms with van der Waals surface area (Å²) in [6.45, 7) is 8.75. The molecular weight excluding hydrogens is 244 g/mol. The van der Waals surface area contributed by atoms with Crippen molar-refractivity contribution in [2.45, 2.75) is 46.1 Å². The Morgan fingerprint density at radius 3 is 2.75 bits per heavy atom. The summed E-state index contributed by atoms with van der Waals surface area (Å²) in [7, 11) is 2.24. The van der Waals surface area contributed by atoms with Crippen LogP contribution in [0.5, 0.6) is 0 Å². The molecule has 1 atom stereocenters. The van der Waals surface area contributed by atoms with E-state index in [0.29, 0.717) is 6.04 Å². The number of nitrogens with zero attached hydrogens (tertiary/aromatic N) is 2. The van der Waals surface area contributed by atoms with Crippen LogP contribution in [0.3, 0.4) is 0 Å². The second-order valence-corrected chi connectivity index (χ2v) is 5.88. The molecule has 2 aliphatic heterocycles. The summed E-state index contributed by atoms with van der Waals surface area (Å²) in [5, 5.41) is 1.50. The summed E-state index contributed by atoms with van der Waals surface area (Å²) >= 11 is 0. The van der Waals surface area contributed by atoms with Crippen LogP contribution in [-0.2, 0) is 13.5 Å². The van der Waals surface area contributed by atoms with Gasteiger partial charge in [0.15, 0.2) is 0 Å². The Labute approximate surface area is 122 Å². The number of aromatic nitrogens is 1. The van der Waals surface area contributed by atoms with Crippen molar-refractivity contribution < 1.29 is 0 Å². The standard InChI is InChI=1S/C16H20N2.C2H6/c1-11-5-6-13-12(10-11)16-14(17(13)2)7-9-18-8-3-4-15(16)18;1-2/h5-6,10,15H,3-4,7-9H2,1-2H3;1-2H3. The molecule has 20 heavy (non-hydrogen) atoms. The van der Waals surface area contributed by atoms with E-state index in [1.807, 2.05) is 13.8 Å². The molecule has 4 rings (SSSR count). The minimum absolute atomic E-state index is 0.694. The van der Waals surface area contributed by atoms with E-state index in [-0.39, 0.29) is 0 Å². The van der Waals surface area contributed by atoms with Gasteiger partial charge in [-0.3, -0.25) is 4.90 Å². The molecule has 2 heteroatoms. The minimum atomic E-state index is 0.694. The van der Waals surface area contributed by atoms with Crippen LogP contribution in [0.4, 0.5) is 0 Å². The van der Waals surface area contributed by atoms with Gasteiger partial charge >= 0.3 is 0 Å². The van der Waals surface area contributed by atoms with Crippen LogP contribution in [-0.4, -0.2) is 22.6 Å². The number of hydrogen-bond acceptors (Lipinski definition) is 1. The molecule has 1 aromatic heterocycles. The predicted molar refractivity (Wildman–Crippen MR) is 86.3 cm³/mol. The van der Waals surface area contributed by atoms with E-state index >= 15 is 0 Å². The topological polar surface area (TPSA) is 8.17 Å². The van der Waals surface area contributed by atoms with Crippen LogP contribution in [0.25, 0.3) is 10.9 Å². The smallest absolute Gasteiger partial charge is 0.0483 e. The molecule has 0 N–H and O–H groups in total. The summed E-state index contributed by atoms with van der Waals surface area (Å²) in [6.07, 6.45) is 3.93. The highest BCUT2D eigenvalue weighted by Gasteiger charge is 2.34. The Morgan fingerprint density at radius 2 is 1.95 bits per heavy atom. The Hall–Kier alpha value is -1.28. The van der Waals surface area contributed by atoms with Crippen molar-refractivity contribution in [3.05, 3.63) is 35.0 Å². The number of hydrogen-bond donors (Lipinski definition) is 0. The zero-order valence-corrected chi connectivity index (χ0v) is 13.2. The molecule has 108 valence electrons. The zero-order chi connectivity index (χ0) is 14.3. The Kier molecular flexibility index (Phi) is 3.59. The van der Waals surface area contributed by atoms with Gasteiger partial charge in [-0.2, -0.15) is 0 Å². The molecule has 0 bridgehead atoms. The molecule has 0 radical (unpaired) electrons. The molecule has 0 aliphatic carbocycles. The summed E-state index contributed by atoms with van der Waals surface area (Å²) < 4.78 is 2.43. The molecule has 1 saturated heterocycles. The second kappa shape index (κ2) is 5.25. The highest BCUT2D eigenvalue weighted by molar-refractivity contribution is 5.87. The van der Waals surface area contributed by atoms with Crippen molar-refractivity contribution in [3.63, 3.8) is 0 Å². The van der Waals surface area contributed by atoms with E-state index in [1.54, 1.807) is 11.3 Å². The van der Waals surface area contributed by atoms with Crippen LogP contribution < -0.4 is 0 Å². The lowest BCUT2D eigenvalue weighted by Crippen LogP contribution is -2.31. The van der Waals surface area contributed by atoms with Gasteiger partial charge in [-0.1, -0.05) is 25.5 Å². The van der Waals surface area contributed by atoms with E-state index in [1.165, 1.54) is 48.8 Å². The van der Waals surface area contributed by atoms with E-state index in [9.17, 15) is 0 Å². The predicted octanol–water partition coefficient (Wildman–Crippen LogP) is 4.21. The Bertz CT molecular complexity index is 624. The van der Waals surface area contributed by atoms with Gasteiger partial charge in [-0.05, 0) is 44.0 Å². The normalized spacial score (nSPS) is 21.3. The van der Waals surface area contributed by atoms with Crippen molar-refractivity contribution in [1.29, 1.82) is 0 Å². The lowest BCUT2D eigenvalue weighted by molar-refractivity contribution is 0.242. The molecule has 1 fully saturated rings. The number of benzene rings is 1. The first-order chi connectivity index (χ1) is 9.75. The summed E-state index contributed by atoms with van der Waals surface area (Å²) in [4.78, 5) is 2.68. The lowest BCUT2D eigenvalue weighted by atomic mass is 9.95. The van der Waals surface area contributed by atoms with Crippen LogP contribution in [0, 0.1) is 6.92 Å². The molecular formula is C18H26N2. The van der Waals surface area contributed by atoms with Crippen LogP contribution in [0.1, 0.15) is 49.6 Å². The van der Waals surface area contributed by atoms with E-state index in [0.717, 1.165) is 0 Å². The fourth-order valence-corrected chi connectivity index (χ4v) is 3.98. The fourth-order valence-electron chi connectivity index (χ4n) is 3.98. The average Bonchev–Trinajstić information content (AvgIpc) is 3.04. The van der Waals surface area contributed by atoms with E-state index < -0.39 is 0 Å².